The fraction of sp³-hybridized carbons (Fsp3) is 0.800. The first kappa shape index (κ1) is 9.75. The summed E-state index contributed by atoms with van der Waals surface area (Å²) in [5.74, 6) is 0.795. The van der Waals surface area contributed by atoms with E-state index in [2.05, 4.69) is 25.2 Å². The summed E-state index contributed by atoms with van der Waals surface area (Å²) >= 11 is 0. The van der Waals surface area contributed by atoms with Crippen LogP contribution in [0.15, 0.2) is 11.6 Å². The second kappa shape index (κ2) is 4.63. The van der Waals surface area contributed by atoms with Crippen LogP contribution in [-0.4, -0.2) is 19.1 Å². The van der Waals surface area contributed by atoms with Gasteiger partial charge in [-0.15, -0.1) is 0 Å². The van der Waals surface area contributed by atoms with Crippen LogP contribution in [0.2, 0.25) is 0 Å². The van der Waals surface area contributed by atoms with Gasteiger partial charge in [-0.3, -0.25) is 0 Å². The van der Waals surface area contributed by atoms with Crippen LogP contribution < -0.4 is 11.1 Å². The average Bonchev–Trinajstić information content (AvgIpc) is 2.01. The highest BCUT2D eigenvalue weighted by Crippen LogP contribution is 2.12. The van der Waals surface area contributed by atoms with E-state index in [9.17, 15) is 0 Å². The van der Waals surface area contributed by atoms with Crippen LogP contribution >= 0.6 is 0 Å². The van der Waals surface area contributed by atoms with Gasteiger partial charge in [-0.25, -0.2) is 0 Å². The molecule has 1 rings (SSSR count). The van der Waals surface area contributed by atoms with Crippen molar-refractivity contribution in [1.82, 2.24) is 5.32 Å². The summed E-state index contributed by atoms with van der Waals surface area (Å²) in [7, 11) is 0. The van der Waals surface area contributed by atoms with Gasteiger partial charge in [0.05, 0.1) is 0 Å². The van der Waals surface area contributed by atoms with E-state index < -0.39 is 0 Å². The summed E-state index contributed by atoms with van der Waals surface area (Å²) in [5, 5.41) is 3.32. The molecule has 0 spiro atoms. The summed E-state index contributed by atoms with van der Waals surface area (Å²) in [6.07, 6.45) is 4.71. The third-order valence-corrected chi connectivity index (χ3v) is 2.22. The number of rotatable bonds is 3. The molecule has 1 unspecified atom stereocenters. The van der Waals surface area contributed by atoms with Crippen molar-refractivity contribution in [3.05, 3.63) is 11.6 Å². The van der Waals surface area contributed by atoms with Crippen LogP contribution in [0, 0.1) is 5.92 Å². The number of hydrogen-bond donors (Lipinski definition) is 2. The van der Waals surface area contributed by atoms with E-state index in [1.165, 1.54) is 18.4 Å². The number of hydrogen-bond acceptors (Lipinski definition) is 2. The Kier molecular flexibility index (Phi) is 3.76. The van der Waals surface area contributed by atoms with E-state index in [0.29, 0.717) is 0 Å². The van der Waals surface area contributed by atoms with Gasteiger partial charge in [0.1, 0.15) is 0 Å². The molecule has 2 nitrogen and oxygen atoms in total. The van der Waals surface area contributed by atoms with Gasteiger partial charge in [0.25, 0.3) is 0 Å². The van der Waals surface area contributed by atoms with Crippen LogP contribution in [0.3, 0.4) is 0 Å². The lowest BCUT2D eigenvalue weighted by Gasteiger charge is -2.19. The average molecular weight is 168 g/mol. The second-order valence-corrected chi connectivity index (χ2v) is 4.05. The molecule has 0 aromatic rings. The largest absolute Gasteiger partial charge is 0.323 e. The molecule has 1 aliphatic heterocycles. The van der Waals surface area contributed by atoms with Crippen LogP contribution in [0.4, 0.5) is 0 Å². The maximum absolute atomic E-state index is 5.79. The Morgan fingerprint density at radius 2 is 2.42 bits per heavy atom. The highest BCUT2D eigenvalue weighted by atomic mass is 14.9. The lowest BCUT2D eigenvalue weighted by Crippen LogP contribution is -2.37. The van der Waals surface area contributed by atoms with Crippen molar-refractivity contribution >= 4 is 0 Å². The van der Waals surface area contributed by atoms with E-state index in [-0.39, 0.29) is 6.04 Å². The molecule has 1 heterocycles. The van der Waals surface area contributed by atoms with Crippen LogP contribution in [0.1, 0.15) is 26.7 Å². The maximum atomic E-state index is 5.79. The summed E-state index contributed by atoms with van der Waals surface area (Å²) in [4.78, 5) is 0. The highest BCUT2D eigenvalue weighted by Gasteiger charge is 2.08. The van der Waals surface area contributed by atoms with E-state index in [1.54, 1.807) is 0 Å². The number of nitrogens with one attached hydrogen (secondary N) is 1. The van der Waals surface area contributed by atoms with Gasteiger partial charge in [-0.05, 0) is 18.8 Å². The molecule has 0 fully saturated rings. The SMILES string of the molecule is CC(C)CCC1=CC(N)CNC1. The Balaban J connectivity index is 2.30. The van der Waals surface area contributed by atoms with Crippen molar-refractivity contribution in [2.24, 2.45) is 11.7 Å². The number of nitrogens with two attached hydrogens (primary N) is 1. The van der Waals surface area contributed by atoms with Crippen molar-refractivity contribution in [2.75, 3.05) is 13.1 Å². The van der Waals surface area contributed by atoms with Crippen molar-refractivity contribution in [3.63, 3.8) is 0 Å². The first-order valence-electron chi connectivity index (χ1n) is 4.84. The summed E-state index contributed by atoms with van der Waals surface area (Å²) in [6.45, 7) is 6.50. The molecule has 0 saturated carbocycles. The first-order valence-corrected chi connectivity index (χ1v) is 4.84. The zero-order chi connectivity index (χ0) is 8.97. The predicted molar refractivity (Wildman–Crippen MR) is 53.0 cm³/mol. The third kappa shape index (κ3) is 3.37. The second-order valence-electron chi connectivity index (χ2n) is 4.05. The predicted octanol–water partition coefficient (Wildman–Crippen LogP) is 1.28. The zero-order valence-corrected chi connectivity index (χ0v) is 8.14. The molecule has 0 bridgehead atoms. The van der Waals surface area contributed by atoms with Gasteiger partial charge in [0.2, 0.25) is 0 Å². The monoisotopic (exact) mass is 168 g/mol. The van der Waals surface area contributed by atoms with Crippen molar-refractivity contribution in [3.8, 4) is 0 Å². The van der Waals surface area contributed by atoms with Crippen LogP contribution in [-0.2, 0) is 0 Å². The standard InChI is InChI=1S/C10H20N2/c1-8(2)3-4-9-5-10(11)7-12-6-9/h5,8,10,12H,3-4,6-7,11H2,1-2H3. The maximum Gasteiger partial charge on any atom is 0.0354 e. The van der Waals surface area contributed by atoms with Gasteiger partial charge in [0, 0.05) is 19.1 Å². The molecule has 2 heteroatoms. The van der Waals surface area contributed by atoms with E-state index in [4.69, 9.17) is 5.73 Å². The Bertz CT molecular complexity index is 161. The molecule has 0 aromatic heterocycles. The minimum Gasteiger partial charge on any atom is -0.323 e. The molecular weight excluding hydrogens is 148 g/mol. The Labute approximate surface area is 75.2 Å². The molecule has 0 radical (unpaired) electrons. The first-order chi connectivity index (χ1) is 5.68. The molecule has 3 N–H and O–H groups in total. The minimum atomic E-state index is 0.237. The molecule has 0 amide bonds. The van der Waals surface area contributed by atoms with Gasteiger partial charge < -0.3 is 11.1 Å². The quantitative estimate of drug-likeness (QED) is 0.623. The highest BCUT2D eigenvalue weighted by molar-refractivity contribution is 5.12. The molecule has 70 valence electrons. The van der Waals surface area contributed by atoms with Crippen LogP contribution in [0.25, 0.3) is 0 Å². The molecule has 1 atom stereocenters. The lowest BCUT2D eigenvalue weighted by atomic mass is 9.99. The lowest BCUT2D eigenvalue weighted by molar-refractivity contribution is 0.554. The fourth-order valence-electron chi connectivity index (χ4n) is 1.47. The summed E-state index contributed by atoms with van der Waals surface area (Å²) in [5.41, 5.74) is 7.28. The van der Waals surface area contributed by atoms with Crippen molar-refractivity contribution in [2.45, 2.75) is 32.7 Å². The molecule has 0 aliphatic carbocycles. The molecule has 0 saturated heterocycles. The van der Waals surface area contributed by atoms with Crippen molar-refractivity contribution < 1.29 is 0 Å². The summed E-state index contributed by atoms with van der Waals surface area (Å²) in [6, 6.07) is 0.237. The Hall–Kier alpha value is -0.340. The van der Waals surface area contributed by atoms with Gasteiger partial charge >= 0.3 is 0 Å². The fourth-order valence-corrected chi connectivity index (χ4v) is 1.47. The zero-order valence-electron chi connectivity index (χ0n) is 8.14. The van der Waals surface area contributed by atoms with E-state index in [0.717, 1.165) is 19.0 Å². The molecule has 0 aromatic carbocycles. The minimum absolute atomic E-state index is 0.237. The van der Waals surface area contributed by atoms with Crippen molar-refractivity contribution in [1.29, 1.82) is 0 Å². The van der Waals surface area contributed by atoms with Gasteiger partial charge in [0.15, 0.2) is 0 Å². The third-order valence-electron chi connectivity index (χ3n) is 2.22. The van der Waals surface area contributed by atoms with Gasteiger partial charge in [-0.1, -0.05) is 25.5 Å². The molecule has 12 heavy (non-hydrogen) atoms. The normalized spacial score (nSPS) is 24.3. The van der Waals surface area contributed by atoms with Crippen LogP contribution in [0.5, 0.6) is 0 Å². The smallest absolute Gasteiger partial charge is 0.0354 e. The molecule has 1 aliphatic rings. The van der Waals surface area contributed by atoms with E-state index >= 15 is 0 Å². The Morgan fingerprint density at radius 3 is 3.00 bits per heavy atom. The van der Waals surface area contributed by atoms with Gasteiger partial charge in [-0.2, -0.15) is 0 Å². The van der Waals surface area contributed by atoms with E-state index in [1.807, 2.05) is 0 Å². The summed E-state index contributed by atoms with van der Waals surface area (Å²) < 4.78 is 0. The molecular formula is C10H20N2. The topological polar surface area (TPSA) is 38.0 Å². The Morgan fingerprint density at radius 1 is 1.67 bits per heavy atom.